The fraction of sp³-hybridized carbons (Fsp3) is 0.375. The van der Waals surface area contributed by atoms with Crippen molar-refractivity contribution in [2.24, 2.45) is 0 Å². The highest BCUT2D eigenvalue weighted by atomic mass is 32.2. The molecular formula is C24H28N4O2S. The van der Waals surface area contributed by atoms with Gasteiger partial charge >= 0.3 is 0 Å². The quantitative estimate of drug-likeness (QED) is 0.534. The number of carbonyl (C=O) groups excluding carboxylic acids is 1. The number of carbonyl (C=O) groups is 1. The van der Waals surface area contributed by atoms with Crippen molar-refractivity contribution in [3.05, 3.63) is 71.0 Å². The zero-order valence-corrected chi connectivity index (χ0v) is 19.1. The van der Waals surface area contributed by atoms with Gasteiger partial charge in [0.05, 0.1) is 13.2 Å². The molecule has 0 unspecified atom stereocenters. The van der Waals surface area contributed by atoms with Crippen LogP contribution in [0.5, 0.6) is 0 Å². The molecule has 0 bridgehead atoms. The van der Waals surface area contributed by atoms with Gasteiger partial charge in [0.25, 0.3) is 5.91 Å². The van der Waals surface area contributed by atoms with Crippen LogP contribution in [0.25, 0.3) is 5.69 Å². The van der Waals surface area contributed by atoms with Crippen LogP contribution >= 0.6 is 11.8 Å². The molecule has 0 spiro atoms. The average Bonchev–Trinajstić information content (AvgIpc) is 3.23. The van der Waals surface area contributed by atoms with Gasteiger partial charge < -0.3 is 9.64 Å². The molecule has 0 N–H and O–H groups in total. The van der Waals surface area contributed by atoms with Crippen molar-refractivity contribution in [1.29, 1.82) is 0 Å². The molecule has 2 heterocycles. The smallest absolute Gasteiger partial charge is 0.254 e. The summed E-state index contributed by atoms with van der Waals surface area (Å²) in [5.41, 5.74) is 4.17. The minimum atomic E-state index is 0.0724. The highest BCUT2D eigenvalue weighted by molar-refractivity contribution is 7.98. The average molecular weight is 437 g/mol. The third-order valence-corrected chi connectivity index (χ3v) is 6.33. The number of thioether (sulfide) groups is 1. The van der Waals surface area contributed by atoms with Crippen molar-refractivity contribution in [1.82, 2.24) is 19.7 Å². The Morgan fingerprint density at radius 2 is 1.71 bits per heavy atom. The molecule has 31 heavy (non-hydrogen) atoms. The lowest BCUT2D eigenvalue weighted by Crippen LogP contribution is -2.40. The second-order valence-electron chi connectivity index (χ2n) is 8.06. The number of aryl methyl sites for hydroxylation is 1. The lowest BCUT2D eigenvalue weighted by atomic mass is 10.1. The summed E-state index contributed by atoms with van der Waals surface area (Å²) in [7, 11) is 0. The van der Waals surface area contributed by atoms with E-state index in [1.54, 1.807) is 11.8 Å². The van der Waals surface area contributed by atoms with Gasteiger partial charge in [0.2, 0.25) is 0 Å². The molecule has 2 aromatic carbocycles. The minimum Gasteiger partial charge on any atom is -0.378 e. The van der Waals surface area contributed by atoms with Gasteiger partial charge in [-0.05, 0) is 36.8 Å². The molecule has 1 aliphatic rings. The predicted octanol–water partition coefficient (Wildman–Crippen LogP) is 4.46. The van der Waals surface area contributed by atoms with Crippen LogP contribution < -0.4 is 0 Å². The Kier molecular flexibility index (Phi) is 6.73. The van der Waals surface area contributed by atoms with Crippen LogP contribution in [-0.2, 0) is 10.5 Å². The number of amides is 1. The topological polar surface area (TPSA) is 60.2 Å². The summed E-state index contributed by atoms with van der Waals surface area (Å²) in [5.74, 6) is 2.06. The first-order chi connectivity index (χ1) is 15.0. The van der Waals surface area contributed by atoms with E-state index in [-0.39, 0.29) is 11.8 Å². The van der Waals surface area contributed by atoms with E-state index in [0.29, 0.717) is 26.3 Å². The highest BCUT2D eigenvalue weighted by Gasteiger charge is 2.19. The number of nitrogens with zero attached hydrogens (tertiary/aromatic N) is 4. The van der Waals surface area contributed by atoms with Crippen molar-refractivity contribution < 1.29 is 9.53 Å². The Morgan fingerprint density at radius 1 is 1.03 bits per heavy atom. The van der Waals surface area contributed by atoms with Crippen molar-refractivity contribution in [2.75, 3.05) is 26.3 Å². The number of benzene rings is 2. The molecule has 1 amide bonds. The predicted molar refractivity (Wildman–Crippen MR) is 123 cm³/mol. The van der Waals surface area contributed by atoms with E-state index < -0.39 is 0 Å². The summed E-state index contributed by atoms with van der Waals surface area (Å²) in [6.45, 7) is 8.89. The van der Waals surface area contributed by atoms with Gasteiger partial charge in [0, 0.05) is 36.0 Å². The van der Waals surface area contributed by atoms with Crippen LogP contribution in [0.15, 0.2) is 53.7 Å². The van der Waals surface area contributed by atoms with Crippen molar-refractivity contribution >= 4 is 17.7 Å². The van der Waals surface area contributed by atoms with Crippen molar-refractivity contribution in [3.8, 4) is 5.69 Å². The summed E-state index contributed by atoms with van der Waals surface area (Å²) in [6.07, 6.45) is 0. The molecule has 162 valence electrons. The summed E-state index contributed by atoms with van der Waals surface area (Å²) in [5, 5.41) is 9.79. The second kappa shape index (κ2) is 9.66. The number of ether oxygens (including phenoxy) is 1. The van der Waals surface area contributed by atoms with Gasteiger partial charge in [-0.1, -0.05) is 55.4 Å². The molecule has 0 radical (unpaired) electrons. The largest absolute Gasteiger partial charge is 0.378 e. The lowest BCUT2D eigenvalue weighted by molar-refractivity contribution is 0.0303. The van der Waals surface area contributed by atoms with E-state index in [4.69, 9.17) is 4.74 Å². The van der Waals surface area contributed by atoms with Crippen molar-refractivity contribution in [2.45, 2.75) is 37.6 Å². The molecular weight excluding hydrogens is 408 g/mol. The Bertz CT molecular complexity index is 1020. The number of hydrogen-bond donors (Lipinski definition) is 0. The fourth-order valence-electron chi connectivity index (χ4n) is 3.53. The monoisotopic (exact) mass is 436 g/mol. The van der Waals surface area contributed by atoms with Gasteiger partial charge in [0.15, 0.2) is 5.16 Å². The summed E-state index contributed by atoms with van der Waals surface area (Å²) < 4.78 is 7.48. The first-order valence-corrected chi connectivity index (χ1v) is 11.6. The lowest BCUT2D eigenvalue weighted by Gasteiger charge is -2.26. The van der Waals surface area contributed by atoms with Crippen LogP contribution in [0.3, 0.4) is 0 Å². The van der Waals surface area contributed by atoms with E-state index in [0.717, 1.165) is 33.5 Å². The van der Waals surface area contributed by atoms with E-state index in [2.05, 4.69) is 59.8 Å². The van der Waals surface area contributed by atoms with Crippen LogP contribution in [0, 0.1) is 6.92 Å². The van der Waals surface area contributed by atoms with Crippen LogP contribution in [0.1, 0.15) is 47.1 Å². The molecule has 6 nitrogen and oxygen atoms in total. The van der Waals surface area contributed by atoms with Gasteiger partial charge in [-0.15, -0.1) is 10.2 Å². The SMILES string of the molecule is Cc1ccc(-n2c(SCc3ccc(C(=O)N4CCOCC4)cc3)nnc2C(C)C)cc1. The standard InChI is InChI=1S/C24H28N4O2S/c1-17(2)22-25-26-24(28(22)21-10-4-18(3)5-11-21)31-16-19-6-8-20(9-7-19)23(29)27-12-14-30-15-13-27/h4-11,17H,12-16H2,1-3H3. The third kappa shape index (κ3) is 4.99. The number of aromatic nitrogens is 3. The highest BCUT2D eigenvalue weighted by Crippen LogP contribution is 2.28. The fourth-order valence-corrected chi connectivity index (χ4v) is 4.44. The van der Waals surface area contributed by atoms with Gasteiger partial charge in [0.1, 0.15) is 5.82 Å². The molecule has 0 atom stereocenters. The summed E-state index contributed by atoms with van der Waals surface area (Å²) >= 11 is 1.66. The van der Waals surface area contributed by atoms with Crippen LogP contribution in [0.4, 0.5) is 0 Å². The molecule has 1 fully saturated rings. The zero-order valence-electron chi connectivity index (χ0n) is 18.2. The molecule has 0 aliphatic carbocycles. The maximum absolute atomic E-state index is 12.6. The van der Waals surface area contributed by atoms with E-state index in [9.17, 15) is 4.79 Å². The maximum Gasteiger partial charge on any atom is 0.254 e. The summed E-state index contributed by atoms with van der Waals surface area (Å²) in [4.78, 5) is 14.5. The second-order valence-corrected chi connectivity index (χ2v) is 9.00. The summed E-state index contributed by atoms with van der Waals surface area (Å²) in [6, 6.07) is 16.3. The van der Waals surface area contributed by atoms with Crippen LogP contribution in [-0.4, -0.2) is 51.9 Å². The molecule has 1 aliphatic heterocycles. The van der Waals surface area contributed by atoms with E-state index in [1.165, 1.54) is 5.56 Å². The van der Waals surface area contributed by atoms with Crippen molar-refractivity contribution in [3.63, 3.8) is 0 Å². The Morgan fingerprint density at radius 3 is 2.35 bits per heavy atom. The molecule has 4 rings (SSSR count). The number of morpholine rings is 1. The zero-order chi connectivity index (χ0) is 21.8. The van der Waals surface area contributed by atoms with Gasteiger partial charge in [-0.3, -0.25) is 9.36 Å². The molecule has 0 saturated carbocycles. The first kappa shape index (κ1) is 21.6. The van der Waals surface area contributed by atoms with E-state index >= 15 is 0 Å². The molecule has 1 saturated heterocycles. The Balaban J connectivity index is 1.48. The Hall–Kier alpha value is -2.64. The van der Waals surface area contributed by atoms with Gasteiger partial charge in [-0.25, -0.2) is 0 Å². The van der Waals surface area contributed by atoms with Gasteiger partial charge in [-0.2, -0.15) is 0 Å². The molecule has 7 heteroatoms. The minimum absolute atomic E-state index is 0.0724. The number of rotatable bonds is 6. The first-order valence-electron chi connectivity index (χ1n) is 10.6. The Labute approximate surface area is 187 Å². The molecule has 3 aromatic rings. The van der Waals surface area contributed by atoms with E-state index in [1.807, 2.05) is 29.2 Å². The normalized spacial score (nSPS) is 14.3. The number of hydrogen-bond acceptors (Lipinski definition) is 5. The maximum atomic E-state index is 12.6. The molecule has 1 aromatic heterocycles. The van der Waals surface area contributed by atoms with Crippen LogP contribution in [0.2, 0.25) is 0 Å². The third-order valence-electron chi connectivity index (χ3n) is 5.33.